The maximum Gasteiger partial charge on any atom is 0.194 e. The van der Waals surface area contributed by atoms with Crippen LogP contribution in [0.4, 0.5) is 17.6 Å². The van der Waals surface area contributed by atoms with Gasteiger partial charge in [-0.3, -0.25) is 0 Å². The second-order valence-electron chi connectivity index (χ2n) is 22.8. The molecule has 0 saturated carbocycles. The van der Waals surface area contributed by atoms with Crippen LogP contribution in [0.3, 0.4) is 0 Å². The molecule has 0 amide bonds. The average molecular weight is 1220 g/mol. The third-order valence-electron chi connectivity index (χ3n) is 19.2. The summed E-state index contributed by atoms with van der Waals surface area (Å²) in [5.41, 5.74) is -3.04. The summed E-state index contributed by atoms with van der Waals surface area (Å²) in [7, 11) is -10.6. The monoisotopic (exact) mass is 1210 g/mol. The van der Waals surface area contributed by atoms with Crippen molar-refractivity contribution in [1.29, 1.82) is 0 Å². The summed E-state index contributed by atoms with van der Waals surface area (Å²) in [5, 5.41) is 1.32. The van der Waals surface area contributed by atoms with Gasteiger partial charge in [0.1, 0.15) is 16.8 Å². The first-order valence-corrected chi connectivity index (χ1v) is 41.0. The Balaban J connectivity index is 1.41. The summed E-state index contributed by atoms with van der Waals surface area (Å²) < 4.78 is 103. The standard InChI is InChI=1S/C67H88Cl2F4O4Si4/c1-13-78(14-2,15-3)74-64(49-50-25-27-51(28-26-50)53-31-37-56(68)38-32-53)41-43-66(44-42-64,76-80(19-7,20-8)21-9)58-60(70)62(72)59(63(73)61(58)71)67(77-81(22-10,23-11)24-12)47-45-65(46-48-67,75-79(16-4,17-5)18-6)55-35-29-52(30-36-55)54-33-39-57(69)40-34-54/h25-27,29-48,51H,13-24,28,49H2,1-12H3. The molecule has 0 spiro atoms. The van der Waals surface area contributed by atoms with Crippen LogP contribution in [-0.2, 0) is 34.5 Å². The van der Waals surface area contributed by atoms with Crippen LogP contribution >= 0.6 is 23.2 Å². The Morgan fingerprint density at radius 1 is 0.420 bits per heavy atom. The maximum absolute atomic E-state index is 18.3. The Hall–Kier alpha value is -3.67. The Morgan fingerprint density at radius 2 is 0.741 bits per heavy atom. The van der Waals surface area contributed by atoms with Crippen molar-refractivity contribution in [3.05, 3.63) is 201 Å². The quantitative estimate of drug-likeness (QED) is 0.0258. The molecule has 0 aliphatic heterocycles. The van der Waals surface area contributed by atoms with Crippen LogP contribution < -0.4 is 0 Å². The average Bonchev–Trinajstić information content (AvgIpc) is 3.52. The molecule has 0 fully saturated rings. The van der Waals surface area contributed by atoms with Crippen molar-refractivity contribution < 1.29 is 35.3 Å². The molecule has 438 valence electrons. The van der Waals surface area contributed by atoms with Crippen molar-refractivity contribution in [3.63, 3.8) is 0 Å². The van der Waals surface area contributed by atoms with E-state index in [4.69, 9.17) is 40.9 Å². The Kier molecular flexibility index (Phi) is 21.4. The van der Waals surface area contributed by atoms with Crippen molar-refractivity contribution in [2.24, 2.45) is 0 Å². The molecule has 1 unspecified atom stereocenters. The molecule has 0 radical (unpaired) electrons. The highest BCUT2D eigenvalue weighted by molar-refractivity contribution is 6.75. The molecule has 0 aromatic heterocycles. The van der Waals surface area contributed by atoms with Gasteiger partial charge in [-0.15, -0.1) is 0 Å². The van der Waals surface area contributed by atoms with Gasteiger partial charge < -0.3 is 17.7 Å². The lowest BCUT2D eigenvalue weighted by Crippen LogP contribution is -2.50. The SMILES string of the molecule is CC[Si](CC)(CC)OC1(CC2=CCC(c3ccc(Cl)cc3)C=C2)C=CC(O[Si](CC)(CC)CC)(c2c(F)c(F)c(C3(O[Si](CC)(CC)CC)C=CC(O[Si](CC)(CC)CC)(c4ccc(-c5ccc(Cl)cc5)cc4)C=C3)c(F)c2F)C=C1. The van der Waals surface area contributed by atoms with E-state index in [9.17, 15) is 0 Å². The number of allylic oxidation sites excluding steroid dienone is 3. The largest absolute Gasteiger partial charge is 0.404 e. The molecule has 4 aromatic rings. The van der Waals surface area contributed by atoms with E-state index in [1.807, 2.05) is 139 Å². The van der Waals surface area contributed by atoms with Gasteiger partial charge in [0.2, 0.25) is 0 Å². The molecule has 81 heavy (non-hydrogen) atoms. The fourth-order valence-electron chi connectivity index (χ4n) is 12.7. The summed E-state index contributed by atoms with van der Waals surface area (Å²) >= 11 is 12.5. The third-order valence-corrected chi connectivity index (χ3v) is 38.3. The van der Waals surface area contributed by atoms with E-state index in [-0.39, 0.29) is 5.92 Å². The van der Waals surface area contributed by atoms with Gasteiger partial charge in [0, 0.05) is 22.4 Å². The first-order chi connectivity index (χ1) is 38.7. The van der Waals surface area contributed by atoms with Gasteiger partial charge in [-0.1, -0.05) is 185 Å². The number of hydrogen-bond acceptors (Lipinski definition) is 4. The van der Waals surface area contributed by atoms with Crippen LogP contribution in [0.5, 0.6) is 0 Å². The zero-order valence-electron chi connectivity index (χ0n) is 50.2. The molecule has 0 saturated heterocycles. The number of halogens is 6. The van der Waals surface area contributed by atoms with Crippen molar-refractivity contribution >= 4 is 56.5 Å². The summed E-state index contributed by atoms with van der Waals surface area (Å²) in [6, 6.07) is 32.3. The summed E-state index contributed by atoms with van der Waals surface area (Å²) in [6.07, 6.45) is 21.6. The minimum absolute atomic E-state index is 0.165. The fourth-order valence-corrected chi connectivity index (χ4v) is 24.5. The molecular formula is C67H88Cl2F4O4Si4. The smallest absolute Gasteiger partial charge is 0.194 e. The van der Waals surface area contributed by atoms with Crippen LogP contribution in [0.1, 0.15) is 124 Å². The Labute approximate surface area is 497 Å². The predicted molar refractivity (Wildman–Crippen MR) is 341 cm³/mol. The van der Waals surface area contributed by atoms with Gasteiger partial charge >= 0.3 is 0 Å². The van der Waals surface area contributed by atoms with Gasteiger partial charge in [0.15, 0.2) is 56.5 Å². The molecule has 14 heteroatoms. The normalized spacial score (nSPS) is 23.1. The van der Waals surface area contributed by atoms with E-state index in [0.717, 1.165) is 70.5 Å². The zero-order chi connectivity index (χ0) is 59.1. The molecule has 0 N–H and O–H groups in total. The second kappa shape index (κ2) is 26.7. The van der Waals surface area contributed by atoms with Gasteiger partial charge in [0.05, 0.1) is 16.7 Å². The van der Waals surface area contributed by atoms with Crippen molar-refractivity contribution in [3.8, 4) is 11.1 Å². The van der Waals surface area contributed by atoms with Gasteiger partial charge in [-0.05, 0) is 167 Å². The van der Waals surface area contributed by atoms with Gasteiger partial charge in [0.25, 0.3) is 0 Å². The second-order valence-corrected chi connectivity index (χ2v) is 42.5. The lowest BCUT2D eigenvalue weighted by Gasteiger charge is -2.47. The third kappa shape index (κ3) is 13.1. The molecule has 3 aliphatic rings. The molecule has 4 aromatic carbocycles. The minimum atomic E-state index is -2.87. The topological polar surface area (TPSA) is 36.9 Å². The van der Waals surface area contributed by atoms with Crippen LogP contribution in [0.2, 0.25) is 82.6 Å². The molecule has 1 atom stereocenters. The fraction of sp³-hybridized carbons (Fsp3) is 0.463. The number of hydrogen-bond donors (Lipinski definition) is 0. The van der Waals surface area contributed by atoms with Crippen LogP contribution in [0.15, 0.2) is 145 Å². The Morgan fingerprint density at radius 3 is 1.10 bits per heavy atom. The zero-order valence-corrected chi connectivity index (χ0v) is 55.7. The number of benzene rings is 4. The maximum atomic E-state index is 18.3. The minimum Gasteiger partial charge on any atom is -0.404 e. The van der Waals surface area contributed by atoms with Gasteiger partial charge in [-0.2, -0.15) is 0 Å². The summed E-state index contributed by atoms with van der Waals surface area (Å²) in [6.45, 7) is 25.1. The number of rotatable bonds is 27. The molecule has 7 rings (SSSR count). The molecule has 4 nitrogen and oxygen atoms in total. The van der Waals surface area contributed by atoms with Crippen LogP contribution in [-0.4, -0.2) is 38.9 Å². The lowest BCUT2D eigenvalue weighted by molar-refractivity contribution is 0.108. The van der Waals surface area contributed by atoms with E-state index in [1.54, 1.807) is 24.3 Å². The van der Waals surface area contributed by atoms with E-state index in [1.165, 1.54) is 0 Å². The molecular weight excluding hydrogens is 1130 g/mol. The molecule has 3 aliphatic carbocycles. The van der Waals surface area contributed by atoms with Crippen molar-refractivity contribution in [2.45, 2.75) is 197 Å². The highest BCUT2D eigenvalue weighted by Gasteiger charge is 2.53. The van der Waals surface area contributed by atoms with Crippen molar-refractivity contribution in [2.75, 3.05) is 0 Å². The van der Waals surface area contributed by atoms with Gasteiger partial charge in [-0.25, -0.2) is 17.6 Å². The van der Waals surface area contributed by atoms with E-state index >= 15 is 17.6 Å². The van der Waals surface area contributed by atoms with Crippen molar-refractivity contribution in [1.82, 2.24) is 0 Å². The first kappa shape index (κ1) is 64.9. The van der Waals surface area contributed by atoms with E-state index in [0.29, 0.717) is 52.7 Å². The summed E-state index contributed by atoms with van der Waals surface area (Å²) in [4.78, 5) is 0. The molecule has 0 bridgehead atoms. The van der Waals surface area contributed by atoms with Crippen LogP contribution in [0, 0.1) is 23.3 Å². The summed E-state index contributed by atoms with van der Waals surface area (Å²) in [5.74, 6) is -5.93. The Bertz CT molecular complexity index is 2890. The first-order valence-electron chi connectivity index (χ1n) is 30.2. The van der Waals surface area contributed by atoms with Crippen LogP contribution in [0.25, 0.3) is 11.1 Å². The lowest BCUT2D eigenvalue weighted by atomic mass is 9.78. The van der Waals surface area contributed by atoms with E-state index < -0.39 is 90.1 Å². The predicted octanol–water partition coefficient (Wildman–Crippen LogP) is 21.6. The highest BCUT2D eigenvalue weighted by atomic mass is 35.5. The molecule has 0 heterocycles. The van der Waals surface area contributed by atoms with E-state index in [2.05, 4.69) is 59.8 Å². The highest BCUT2D eigenvalue weighted by Crippen LogP contribution is 2.52.